The van der Waals surface area contributed by atoms with Crippen LogP contribution in [0.25, 0.3) is 0 Å². The molecule has 0 aliphatic carbocycles. The summed E-state index contributed by atoms with van der Waals surface area (Å²) >= 11 is 0. The van der Waals surface area contributed by atoms with Gasteiger partial charge in [0, 0.05) is 20.2 Å². The zero-order chi connectivity index (χ0) is 15.2. The molecule has 1 aromatic carbocycles. The SMILES string of the molecule is COCc1cc(CN(C)c2ccccc2C(=O)OC)no1. The molecule has 21 heavy (non-hydrogen) atoms. The fourth-order valence-corrected chi connectivity index (χ4v) is 2.06. The summed E-state index contributed by atoms with van der Waals surface area (Å²) in [5.41, 5.74) is 2.06. The van der Waals surface area contributed by atoms with Crippen molar-refractivity contribution in [1.29, 1.82) is 0 Å². The lowest BCUT2D eigenvalue weighted by Crippen LogP contribution is -2.20. The van der Waals surface area contributed by atoms with E-state index in [9.17, 15) is 4.79 Å². The predicted octanol–water partition coefficient (Wildman–Crippen LogP) is 2.24. The third-order valence-corrected chi connectivity index (χ3v) is 3.01. The molecule has 0 fully saturated rings. The van der Waals surface area contributed by atoms with E-state index < -0.39 is 0 Å². The Morgan fingerprint density at radius 1 is 1.33 bits per heavy atom. The Morgan fingerprint density at radius 3 is 2.81 bits per heavy atom. The second-order valence-electron chi connectivity index (χ2n) is 4.58. The van der Waals surface area contributed by atoms with Crippen LogP contribution in [0.4, 0.5) is 5.69 Å². The average Bonchev–Trinajstić information content (AvgIpc) is 2.94. The van der Waals surface area contributed by atoms with Crippen LogP contribution in [-0.4, -0.2) is 32.4 Å². The smallest absolute Gasteiger partial charge is 0.339 e. The van der Waals surface area contributed by atoms with Crippen LogP contribution in [0.3, 0.4) is 0 Å². The zero-order valence-electron chi connectivity index (χ0n) is 12.3. The van der Waals surface area contributed by atoms with Gasteiger partial charge in [-0.1, -0.05) is 17.3 Å². The topological polar surface area (TPSA) is 64.8 Å². The highest BCUT2D eigenvalue weighted by molar-refractivity contribution is 5.95. The van der Waals surface area contributed by atoms with E-state index in [0.29, 0.717) is 24.5 Å². The normalized spacial score (nSPS) is 10.4. The van der Waals surface area contributed by atoms with Crippen molar-refractivity contribution in [3.05, 3.63) is 47.3 Å². The number of rotatable bonds is 6. The molecule has 0 aliphatic rings. The van der Waals surface area contributed by atoms with Crippen LogP contribution in [0.5, 0.6) is 0 Å². The van der Waals surface area contributed by atoms with Crippen molar-refractivity contribution in [2.75, 3.05) is 26.2 Å². The molecular weight excluding hydrogens is 272 g/mol. The monoisotopic (exact) mass is 290 g/mol. The first kappa shape index (κ1) is 15.1. The number of aromatic nitrogens is 1. The van der Waals surface area contributed by atoms with Crippen LogP contribution in [-0.2, 0) is 22.6 Å². The van der Waals surface area contributed by atoms with E-state index in [1.165, 1.54) is 7.11 Å². The first-order chi connectivity index (χ1) is 10.2. The van der Waals surface area contributed by atoms with Crippen molar-refractivity contribution in [3.8, 4) is 0 Å². The van der Waals surface area contributed by atoms with Gasteiger partial charge in [0.25, 0.3) is 0 Å². The van der Waals surface area contributed by atoms with Crippen LogP contribution in [0.2, 0.25) is 0 Å². The fraction of sp³-hybridized carbons (Fsp3) is 0.333. The molecule has 0 unspecified atom stereocenters. The molecule has 0 aliphatic heterocycles. The first-order valence-corrected chi connectivity index (χ1v) is 6.47. The number of ether oxygens (including phenoxy) is 2. The molecule has 1 heterocycles. The third-order valence-electron chi connectivity index (χ3n) is 3.01. The van der Waals surface area contributed by atoms with Gasteiger partial charge in [-0.05, 0) is 12.1 Å². The number of methoxy groups -OCH3 is 2. The molecule has 0 radical (unpaired) electrons. The summed E-state index contributed by atoms with van der Waals surface area (Å²) in [6.07, 6.45) is 0. The third kappa shape index (κ3) is 3.61. The fourth-order valence-electron chi connectivity index (χ4n) is 2.06. The lowest BCUT2D eigenvalue weighted by atomic mass is 10.1. The molecule has 2 aromatic rings. The molecule has 0 N–H and O–H groups in total. The lowest BCUT2D eigenvalue weighted by molar-refractivity contribution is 0.0601. The molecule has 1 aromatic heterocycles. The van der Waals surface area contributed by atoms with E-state index in [1.54, 1.807) is 19.2 Å². The Morgan fingerprint density at radius 2 is 2.10 bits per heavy atom. The van der Waals surface area contributed by atoms with E-state index >= 15 is 0 Å². The number of esters is 1. The summed E-state index contributed by atoms with van der Waals surface area (Å²) in [7, 11) is 4.85. The zero-order valence-corrected chi connectivity index (χ0v) is 12.3. The van der Waals surface area contributed by atoms with Crippen LogP contribution >= 0.6 is 0 Å². The van der Waals surface area contributed by atoms with Crippen molar-refractivity contribution in [3.63, 3.8) is 0 Å². The Balaban J connectivity index is 2.16. The molecule has 6 nitrogen and oxygen atoms in total. The van der Waals surface area contributed by atoms with Gasteiger partial charge in [-0.2, -0.15) is 0 Å². The van der Waals surface area contributed by atoms with Gasteiger partial charge in [-0.25, -0.2) is 4.79 Å². The second kappa shape index (κ2) is 6.90. The molecule has 0 spiro atoms. The van der Waals surface area contributed by atoms with E-state index in [2.05, 4.69) is 5.16 Å². The Bertz CT molecular complexity index is 609. The van der Waals surface area contributed by atoms with Crippen LogP contribution in [0, 0.1) is 0 Å². The van der Waals surface area contributed by atoms with Gasteiger partial charge in [0.05, 0.1) is 24.9 Å². The van der Waals surface area contributed by atoms with Crippen molar-refractivity contribution in [2.45, 2.75) is 13.2 Å². The summed E-state index contributed by atoms with van der Waals surface area (Å²) in [6.45, 7) is 0.899. The largest absolute Gasteiger partial charge is 0.465 e. The Labute approximate surface area is 123 Å². The molecule has 6 heteroatoms. The number of hydrogen-bond acceptors (Lipinski definition) is 6. The molecule has 0 saturated heterocycles. The van der Waals surface area contributed by atoms with Crippen LogP contribution in [0.15, 0.2) is 34.9 Å². The molecule has 2 rings (SSSR count). The van der Waals surface area contributed by atoms with E-state index in [4.69, 9.17) is 14.0 Å². The number of anilines is 1. The summed E-state index contributed by atoms with van der Waals surface area (Å²) < 4.78 is 14.9. The second-order valence-corrected chi connectivity index (χ2v) is 4.58. The summed E-state index contributed by atoms with van der Waals surface area (Å²) in [5.74, 6) is 0.305. The van der Waals surface area contributed by atoms with Gasteiger partial charge in [0.1, 0.15) is 12.3 Å². The van der Waals surface area contributed by atoms with E-state index in [0.717, 1.165) is 11.4 Å². The van der Waals surface area contributed by atoms with Gasteiger partial charge in [0.2, 0.25) is 0 Å². The van der Waals surface area contributed by atoms with Crippen molar-refractivity contribution >= 4 is 11.7 Å². The average molecular weight is 290 g/mol. The number of benzene rings is 1. The highest BCUT2D eigenvalue weighted by Crippen LogP contribution is 2.21. The Hall–Kier alpha value is -2.34. The summed E-state index contributed by atoms with van der Waals surface area (Å²) in [6, 6.07) is 9.10. The van der Waals surface area contributed by atoms with Crippen molar-refractivity contribution in [1.82, 2.24) is 5.16 Å². The molecule has 112 valence electrons. The number of hydrogen-bond donors (Lipinski definition) is 0. The van der Waals surface area contributed by atoms with E-state index in [1.807, 2.05) is 30.1 Å². The first-order valence-electron chi connectivity index (χ1n) is 6.47. The predicted molar refractivity (Wildman–Crippen MR) is 77.1 cm³/mol. The van der Waals surface area contributed by atoms with Gasteiger partial charge < -0.3 is 18.9 Å². The van der Waals surface area contributed by atoms with Gasteiger partial charge in [-0.3, -0.25) is 0 Å². The summed E-state index contributed by atoms with van der Waals surface area (Å²) in [5, 5.41) is 3.98. The lowest BCUT2D eigenvalue weighted by Gasteiger charge is -2.20. The quantitative estimate of drug-likeness (QED) is 0.760. The number of carbonyl (C=O) groups is 1. The number of para-hydroxylation sites is 1. The van der Waals surface area contributed by atoms with Crippen LogP contribution in [0.1, 0.15) is 21.8 Å². The highest BCUT2D eigenvalue weighted by atomic mass is 16.5. The maximum absolute atomic E-state index is 11.8. The standard InChI is InChI=1S/C15H18N2O4/c1-17(9-11-8-12(10-19-2)21-16-11)14-7-5-4-6-13(14)15(18)20-3/h4-8H,9-10H2,1-3H3. The maximum Gasteiger partial charge on any atom is 0.339 e. The minimum Gasteiger partial charge on any atom is -0.465 e. The maximum atomic E-state index is 11.8. The minimum absolute atomic E-state index is 0.363. The molecular formula is C15H18N2O4. The van der Waals surface area contributed by atoms with Gasteiger partial charge in [-0.15, -0.1) is 0 Å². The van der Waals surface area contributed by atoms with Gasteiger partial charge in [0.15, 0.2) is 5.76 Å². The molecule has 0 bridgehead atoms. The van der Waals surface area contributed by atoms with Crippen molar-refractivity contribution in [2.24, 2.45) is 0 Å². The summed E-state index contributed by atoms with van der Waals surface area (Å²) in [4.78, 5) is 13.7. The van der Waals surface area contributed by atoms with E-state index in [-0.39, 0.29) is 5.97 Å². The number of carbonyl (C=O) groups excluding carboxylic acids is 1. The minimum atomic E-state index is -0.363. The highest BCUT2D eigenvalue weighted by Gasteiger charge is 2.15. The molecule has 0 atom stereocenters. The molecule has 0 saturated carbocycles. The van der Waals surface area contributed by atoms with Crippen molar-refractivity contribution < 1.29 is 18.8 Å². The Kier molecular flexibility index (Phi) is 4.94. The molecule has 0 amide bonds. The van der Waals surface area contributed by atoms with Crippen LogP contribution < -0.4 is 4.90 Å². The van der Waals surface area contributed by atoms with Gasteiger partial charge >= 0.3 is 5.97 Å². The number of nitrogens with zero attached hydrogens (tertiary/aromatic N) is 2.